The van der Waals surface area contributed by atoms with Crippen molar-refractivity contribution >= 4 is 108 Å². The van der Waals surface area contributed by atoms with Gasteiger partial charge >= 0.3 is 0 Å². The lowest BCUT2D eigenvalue weighted by Gasteiger charge is -2.34. The number of anilines is 6. The van der Waals surface area contributed by atoms with E-state index in [2.05, 4.69) is 192 Å². The number of nitrogens with zero attached hydrogens (tertiary/aromatic N) is 2. The van der Waals surface area contributed by atoms with E-state index in [4.69, 9.17) is 0 Å². The average molecular weight is 675 g/mol. The minimum absolute atomic E-state index is 1.11. The summed E-state index contributed by atoms with van der Waals surface area (Å²) in [5.74, 6) is 0. The van der Waals surface area contributed by atoms with E-state index >= 15 is 0 Å². The Morgan fingerprint density at radius 3 is 1.58 bits per heavy atom. The molecule has 10 aromatic rings. The predicted molar refractivity (Wildman–Crippen MR) is 219 cm³/mol. The molecule has 0 fully saturated rings. The Kier molecular flexibility index (Phi) is 6.90. The maximum atomic E-state index is 2.49. The van der Waals surface area contributed by atoms with Crippen LogP contribution in [-0.4, -0.2) is 0 Å². The zero-order chi connectivity index (χ0) is 33.0. The molecule has 0 aliphatic carbocycles. The largest absolute Gasteiger partial charge is 0.308 e. The van der Waals surface area contributed by atoms with E-state index < -0.39 is 0 Å². The molecule has 0 radical (unpaired) electrons. The molecule has 50 heavy (non-hydrogen) atoms. The molecule has 4 heteroatoms. The van der Waals surface area contributed by atoms with Gasteiger partial charge in [0.1, 0.15) is 0 Å². The first kappa shape index (κ1) is 29.0. The van der Waals surface area contributed by atoms with E-state index in [1.165, 1.54) is 51.1 Å². The van der Waals surface area contributed by atoms with Crippen molar-refractivity contribution in [2.24, 2.45) is 0 Å². The van der Waals surface area contributed by atoms with Gasteiger partial charge in [0.25, 0.3) is 0 Å². The molecule has 236 valence electrons. The number of para-hydroxylation sites is 3. The number of hydrogen-bond donors (Lipinski definition) is 0. The first-order valence-electron chi connectivity index (χ1n) is 16.9. The summed E-state index contributed by atoms with van der Waals surface area (Å²) in [4.78, 5) is 4.91. The van der Waals surface area contributed by atoms with Crippen molar-refractivity contribution in [2.75, 3.05) is 9.80 Å². The normalized spacial score (nSPS) is 11.6. The first-order chi connectivity index (χ1) is 24.8. The van der Waals surface area contributed by atoms with Crippen LogP contribution in [0.3, 0.4) is 0 Å². The lowest BCUT2D eigenvalue weighted by atomic mass is 10.00. The molecule has 0 unspecified atom stereocenters. The van der Waals surface area contributed by atoms with Crippen LogP contribution < -0.4 is 9.80 Å². The molecule has 2 aromatic heterocycles. The van der Waals surface area contributed by atoms with Crippen molar-refractivity contribution in [1.29, 1.82) is 0 Å². The molecule has 0 N–H and O–H groups in total. The summed E-state index contributed by atoms with van der Waals surface area (Å²) in [7, 11) is 0. The smallest absolute Gasteiger partial charge is 0.0796 e. The third-order valence-electron chi connectivity index (χ3n) is 9.61. The second kappa shape index (κ2) is 11.9. The summed E-state index contributed by atoms with van der Waals surface area (Å²) >= 11 is 3.74. The van der Waals surface area contributed by atoms with Gasteiger partial charge in [0.15, 0.2) is 0 Å². The van der Waals surface area contributed by atoms with E-state index in [0.717, 1.165) is 34.1 Å². The Labute approximate surface area is 298 Å². The summed E-state index contributed by atoms with van der Waals surface area (Å²) in [6, 6.07) is 66.1. The van der Waals surface area contributed by atoms with Gasteiger partial charge in [-0.25, -0.2) is 0 Å². The molecule has 0 aliphatic rings. The molecular weight excluding hydrogens is 645 g/mol. The minimum Gasteiger partial charge on any atom is -0.308 e. The summed E-state index contributed by atoms with van der Waals surface area (Å²) in [5.41, 5.74) is 6.73. The summed E-state index contributed by atoms with van der Waals surface area (Å²) in [6.07, 6.45) is 0. The molecule has 2 nitrogen and oxygen atoms in total. The van der Waals surface area contributed by atoms with Crippen LogP contribution in [0.5, 0.6) is 0 Å². The maximum Gasteiger partial charge on any atom is 0.0796 e. The van der Waals surface area contributed by atoms with Gasteiger partial charge in [-0.15, -0.1) is 22.7 Å². The average Bonchev–Trinajstić information content (AvgIpc) is 3.75. The molecule has 0 spiro atoms. The zero-order valence-electron chi connectivity index (χ0n) is 27.0. The van der Waals surface area contributed by atoms with Crippen LogP contribution >= 0.6 is 22.7 Å². The van der Waals surface area contributed by atoms with E-state index in [1.54, 1.807) is 0 Å². The fourth-order valence-electron chi connectivity index (χ4n) is 7.43. The quantitative estimate of drug-likeness (QED) is 0.173. The molecule has 0 atom stereocenters. The molecule has 0 saturated heterocycles. The Morgan fingerprint density at radius 2 is 0.860 bits per heavy atom. The van der Waals surface area contributed by atoms with Gasteiger partial charge < -0.3 is 9.80 Å². The molecule has 10 rings (SSSR count). The fourth-order valence-corrected chi connectivity index (χ4v) is 9.69. The maximum absolute atomic E-state index is 2.49. The fraction of sp³-hybridized carbons (Fsp3) is 0. The number of thiophene rings is 2. The van der Waals surface area contributed by atoms with Crippen molar-refractivity contribution in [3.8, 4) is 0 Å². The van der Waals surface area contributed by atoms with Gasteiger partial charge in [0.05, 0.1) is 11.4 Å². The van der Waals surface area contributed by atoms with E-state index in [0.29, 0.717) is 0 Å². The third-order valence-corrected chi connectivity index (χ3v) is 11.9. The van der Waals surface area contributed by atoms with Crippen LogP contribution in [0, 0.1) is 0 Å². The SMILES string of the molecule is c1ccc(N(c2ccccc2)c2ccc3sc4ccc5ccccc5c4c3c2N(c2ccccc2)c2ccc3c(c2)sc2ccccc23)cc1. The topological polar surface area (TPSA) is 6.48 Å². The zero-order valence-corrected chi connectivity index (χ0v) is 28.7. The Bertz CT molecular complexity index is 2780. The Morgan fingerprint density at radius 1 is 0.320 bits per heavy atom. The number of fused-ring (bicyclic) bond motifs is 8. The van der Waals surface area contributed by atoms with E-state index in [9.17, 15) is 0 Å². The first-order valence-corrected chi connectivity index (χ1v) is 18.5. The van der Waals surface area contributed by atoms with Crippen molar-refractivity contribution in [1.82, 2.24) is 0 Å². The molecule has 0 amide bonds. The summed E-state index contributed by atoms with van der Waals surface area (Å²) in [5, 5.41) is 7.68. The highest BCUT2D eigenvalue weighted by Gasteiger charge is 2.27. The lowest BCUT2D eigenvalue weighted by Crippen LogP contribution is -2.17. The van der Waals surface area contributed by atoms with Gasteiger partial charge in [-0.05, 0) is 83.6 Å². The van der Waals surface area contributed by atoms with E-state index in [1.807, 2.05) is 22.7 Å². The third kappa shape index (κ3) is 4.68. The second-order valence-corrected chi connectivity index (χ2v) is 14.7. The van der Waals surface area contributed by atoms with Crippen molar-refractivity contribution < 1.29 is 0 Å². The van der Waals surface area contributed by atoms with Crippen LogP contribution in [0.25, 0.3) is 51.1 Å². The summed E-state index contributed by atoms with van der Waals surface area (Å²) < 4.78 is 5.14. The molecule has 0 saturated carbocycles. The summed E-state index contributed by atoms with van der Waals surface area (Å²) in [6.45, 7) is 0. The van der Waals surface area contributed by atoms with Crippen LogP contribution in [0.15, 0.2) is 182 Å². The minimum atomic E-state index is 1.11. The molecule has 0 aliphatic heterocycles. The standard InChI is InChI=1S/C46H30N2S2/c1-4-15-32(16-5-1)47(33-17-6-2-7-18-33)39-27-29-42-45(44-36-21-11-10-14-31(36)24-28-41(44)50-42)46(39)48(34-19-8-3-9-20-34)35-25-26-38-37-22-12-13-23-40(37)49-43(38)30-35/h1-30H. The van der Waals surface area contributed by atoms with Crippen LogP contribution in [0.4, 0.5) is 34.1 Å². The van der Waals surface area contributed by atoms with Crippen molar-refractivity contribution in [3.05, 3.63) is 182 Å². The predicted octanol–water partition coefficient (Wildman–Crippen LogP) is 14.5. The highest BCUT2D eigenvalue weighted by Crippen LogP contribution is 2.53. The van der Waals surface area contributed by atoms with Crippen LogP contribution in [-0.2, 0) is 0 Å². The lowest BCUT2D eigenvalue weighted by molar-refractivity contribution is 1.24. The molecule has 2 heterocycles. The second-order valence-electron chi connectivity index (χ2n) is 12.5. The molecular formula is C46H30N2S2. The molecule has 8 aromatic carbocycles. The van der Waals surface area contributed by atoms with Gasteiger partial charge in [-0.3, -0.25) is 0 Å². The van der Waals surface area contributed by atoms with Gasteiger partial charge in [0.2, 0.25) is 0 Å². The highest BCUT2D eigenvalue weighted by atomic mass is 32.1. The number of benzene rings is 8. The van der Waals surface area contributed by atoms with E-state index in [-0.39, 0.29) is 0 Å². The van der Waals surface area contributed by atoms with Crippen LogP contribution in [0.2, 0.25) is 0 Å². The monoisotopic (exact) mass is 674 g/mol. The molecule has 0 bridgehead atoms. The van der Waals surface area contributed by atoms with Gasteiger partial charge in [-0.2, -0.15) is 0 Å². The number of rotatable bonds is 6. The Hall–Kier alpha value is -5.94. The Balaban J connectivity index is 1.37. The van der Waals surface area contributed by atoms with Gasteiger partial charge in [-0.1, -0.05) is 109 Å². The van der Waals surface area contributed by atoms with Crippen LogP contribution in [0.1, 0.15) is 0 Å². The van der Waals surface area contributed by atoms with Gasteiger partial charge in [0, 0.05) is 63.1 Å². The number of hydrogen-bond acceptors (Lipinski definition) is 4. The highest BCUT2D eigenvalue weighted by molar-refractivity contribution is 7.26. The van der Waals surface area contributed by atoms with Crippen molar-refractivity contribution in [2.45, 2.75) is 0 Å². The van der Waals surface area contributed by atoms with Crippen molar-refractivity contribution in [3.63, 3.8) is 0 Å².